The zero-order valence-electron chi connectivity index (χ0n) is 9.76. The van der Waals surface area contributed by atoms with E-state index in [-0.39, 0.29) is 0 Å². The molecule has 0 amide bonds. The fraction of sp³-hybridized carbons (Fsp3) is 1.00. The lowest BCUT2D eigenvalue weighted by molar-refractivity contribution is 0.319. The van der Waals surface area contributed by atoms with E-state index in [2.05, 4.69) is 13.8 Å². The number of hydrogen-bond donors (Lipinski definition) is 1. The Labute approximate surface area is 88.4 Å². The summed E-state index contributed by atoms with van der Waals surface area (Å²) in [5.74, 6) is 1.66. The SMILES string of the molecule is CC1(C)CC1C(N)C1CCCCCC1. The second kappa shape index (κ2) is 3.84. The summed E-state index contributed by atoms with van der Waals surface area (Å²) in [6.07, 6.45) is 9.89. The van der Waals surface area contributed by atoms with Crippen molar-refractivity contribution in [3.63, 3.8) is 0 Å². The van der Waals surface area contributed by atoms with Crippen LogP contribution in [-0.2, 0) is 0 Å². The highest BCUT2D eigenvalue weighted by Gasteiger charge is 2.50. The van der Waals surface area contributed by atoms with Crippen LogP contribution in [0.5, 0.6) is 0 Å². The van der Waals surface area contributed by atoms with Crippen molar-refractivity contribution >= 4 is 0 Å². The van der Waals surface area contributed by atoms with Crippen LogP contribution in [0.1, 0.15) is 58.8 Å². The molecule has 2 aliphatic rings. The molecule has 2 saturated carbocycles. The highest BCUT2D eigenvalue weighted by atomic mass is 14.7. The van der Waals surface area contributed by atoms with E-state index in [1.807, 2.05) is 0 Å². The summed E-state index contributed by atoms with van der Waals surface area (Å²) in [5, 5.41) is 0. The Morgan fingerprint density at radius 1 is 1.07 bits per heavy atom. The predicted octanol–water partition coefficient (Wildman–Crippen LogP) is 3.33. The zero-order valence-corrected chi connectivity index (χ0v) is 9.76. The van der Waals surface area contributed by atoms with E-state index in [4.69, 9.17) is 5.73 Å². The van der Waals surface area contributed by atoms with Gasteiger partial charge in [0.25, 0.3) is 0 Å². The van der Waals surface area contributed by atoms with Crippen LogP contribution in [0.2, 0.25) is 0 Å². The van der Waals surface area contributed by atoms with E-state index in [0.29, 0.717) is 11.5 Å². The van der Waals surface area contributed by atoms with Gasteiger partial charge in [-0.25, -0.2) is 0 Å². The molecule has 0 aromatic heterocycles. The molecule has 0 aromatic carbocycles. The Hall–Kier alpha value is -0.0400. The summed E-state index contributed by atoms with van der Waals surface area (Å²) in [6.45, 7) is 4.74. The van der Waals surface area contributed by atoms with Crippen molar-refractivity contribution in [2.45, 2.75) is 64.8 Å². The Bertz CT molecular complexity index is 189. The van der Waals surface area contributed by atoms with Gasteiger partial charge in [0.15, 0.2) is 0 Å². The Morgan fingerprint density at radius 2 is 1.57 bits per heavy atom. The molecule has 2 rings (SSSR count). The molecule has 0 bridgehead atoms. The second-order valence-corrected chi connectivity index (χ2v) is 6.13. The van der Waals surface area contributed by atoms with E-state index in [0.717, 1.165) is 11.8 Å². The van der Waals surface area contributed by atoms with Crippen molar-refractivity contribution in [3.05, 3.63) is 0 Å². The van der Waals surface area contributed by atoms with Crippen LogP contribution in [0.4, 0.5) is 0 Å². The van der Waals surface area contributed by atoms with Crippen molar-refractivity contribution in [1.29, 1.82) is 0 Å². The molecular weight excluding hydrogens is 170 g/mol. The summed E-state index contributed by atoms with van der Waals surface area (Å²) in [4.78, 5) is 0. The molecule has 2 aliphatic carbocycles. The van der Waals surface area contributed by atoms with Crippen molar-refractivity contribution in [2.24, 2.45) is 23.0 Å². The lowest BCUT2D eigenvalue weighted by Crippen LogP contribution is -2.33. The van der Waals surface area contributed by atoms with E-state index in [1.54, 1.807) is 0 Å². The van der Waals surface area contributed by atoms with Gasteiger partial charge in [-0.2, -0.15) is 0 Å². The summed E-state index contributed by atoms with van der Waals surface area (Å²) >= 11 is 0. The topological polar surface area (TPSA) is 26.0 Å². The maximum atomic E-state index is 6.40. The molecule has 0 aromatic rings. The fourth-order valence-corrected chi connectivity index (χ4v) is 3.19. The van der Waals surface area contributed by atoms with Crippen LogP contribution >= 0.6 is 0 Å². The lowest BCUT2D eigenvalue weighted by Gasteiger charge is -2.23. The standard InChI is InChI=1S/C13H25N/c1-13(2)9-11(13)12(14)10-7-5-3-4-6-8-10/h10-12H,3-9,14H2,1-2H3. The van der Waals surface area contributed by atoms with Gasteiger partial charge in [-0.15, -0.1) is 0 Å². The Morgan fingerprint density at radius 3 is 2.00 bits per heavy atom. The average Bonchev–Trinajstić information content (AvgIpc) is 2.83. The van der Waals surface area contributed by atoms with Gasteiger partial charge in [-0.3, -0.25) is 0 Å². The van der Waals surface area contributed by atoms with Crippen LogP contribution in [-0.4, -0.2) is 6.04 Å². The van der Waals surface area contributed by atoms with Gasteiger partial charge in [0, 0.05) is 6.04 Å². The van der Waals surface area contributed by atoms with Crippen molar-refractivity contribution in [3.8, 4) is 0 Å². The number of nitrogens with two attached hydrogens (primary N) is 1. The number of hydrogen-bond acceptors (Lipinski definition) is 1. The normalized spacial score (nSPS) is 34.9. The molecule has 1 nitrogen and oxygen atoms in total. The third kappa shape index (κ3) is 2.13. The smallest absolute Gasteiger partial charge is 0.0101 e. The second-order valence-electron chi connectivity index (χ2n) is 6.13. The molecule has 0 radical (unpaired) electrons. The van der Waals surface area contributed by atoms with Crippen LogP contribution in [0, 0.1) is 17.3 Å². The van der Waals surface area contributed by atoms with Crippen LogP contribution in [0.25, 0.3) is 0 Å². The molecule has 2 unspecified atom stereocenters. The molecule has 0 spiro atoms. The van der Waals surface area contributed by atoms with Crippen molar-refractivity contribution in [2.75, 3.05) is 0 Å². The molecule has 2 N–H and O–H groups in total. The first kappa shape index (κ1) is 10.5. The van der Waals surface area contributed by atoms with Gasteiger partial charge in [0.1, 0.15) is 0 Å². The first-order valence-electron chi connectivity index (χ1n) is 6.37. The largest absolute Gasteiger partial charge is 0.327 e. The minimum Gasteiger partial charge on any atom is -0.327 e. The Balaban J connectivity index is 1.87. The van der Waals surface area contributed by atoms with Gasteiger partial charge < -0.3 is 5.73 Å². The molecular formula is C13H25N. The van der Waals surface area contributed by atoms with E-state index in [1.165, 1.54) is 44.9 Å². The van der Waals surface area contributed by atoms with Gasteiger partial charge in [-0.1, -0.05) is 39.5 Å². The molecule has 82 valence electrons. The van der Waals surface area contributed by atoms with E-state index in [9.17, 15) is 0 Å². The molecule has 2 atom stereocenters. The van der Waals surface area contributed by atoms with Gasteiger partial charge in [-0.05, 0) is 36.5 Å². The number of rotatable bonds is 2. The Kier molecular flexibility index (Phi) is 2.88. The molecule has 0 aliphatic heterocycles. The minimum atomic E-state index is 0.503. The predicted molar refractivity (Wildman–Crippen MR) is 61.1 cm³/mol. The van der Waals surface area contributed by atoms with Crippen molar-refractivity contribution < 1.29 is 0 Å². The fourth-order valence-electron chi connectivity index (χ4n) is 3.19. The third-order valence-corrected chi connectivity index (χ3v) is 4.50. The lowest BCUT2D eigenvalue weighted by atomic mass is 9.87. The summed E-state index contributed by atoms with van der Waals surface area (Å²) in [7, 11) is 0. The maximum Gasteiger partial charge on any atom is 0.0101 e. The van der Waals surface area contributed by atoms with Gasteiger partial charge in [0.2, 0.25) is 0 Å². The van der Waals surface area contributed by atoms with E-state index >= 15 is 0 Å². The molecule has 1 heteroatoms. The first-order chi connectivity index (χ1) is 6.61. The molecule has 0 saturated heterocycles. The van der Waals surface area contributed by atoms with Crippen molar-refractivity contribution in [1.82, 2.24) is 0 Å². The summed E-state index contributed by atoms with van der Waals surface area (Å²) < 4.78 is 0. The molecule has 14 heavy (non-hydrogen) atoms. The zero-order chi connectivity index (χ0) is 10.2. The summed E-state index contributed by atoms with van der Waals surface area (Å²) in [6, 6.07) is 0.503. The quantitative estimate of drug-likeness (QED) is 0.672. The monoisotopic (exact) mass is 195 g/mol. The highest BCUT2D eigenvalue weighted by Crippen LogP contribution is 2.55. The third-order valence-electron chi connectivity index (χ3n) is 4.50. The van der Waals surface area contributed by atoms with E-state index < -0.39 is 0 Å². The minimum absolute atomic E-state index is 0.503. The summed E-state index contributed by atoms with van der Waals surface area (Å²) in [5.41, 5.74) is 6.96. The van der Waals surface area contributed by atoms with Gasteiger partial charge >= 0.3 is 0 Å². The first-order valence-corrected chi connectivity index (χ1v) is 6.37. The van der Waals surface area contributed by atoms with Crippen LogP contribution < -0.4 is 5.73 Å². The molecule has 0 heterocycles. The molecule has 2 fully saturated rings. The highest BCUT2D eigenvalue weighted by molar-refractivity contribution is 5.02. The van der Waals surface area contributed by atoms with Crippen LogP contribution in [0.3, 0.4) is 0 Å². The van der Waals surface area contributed by atoms with Gasteiger partial charge in [0.05, 0.1) is 0 Å². The maximum absolute atomic E-state index is 6.40. The van der Waals surface area contributed by atoms with Crippen LogP contribution in [0.15, 0.2) is 0 Å². The average molecular weight is 195 g/mol.